The molecule has 1 aromatic carbocycles. The number of carbonyl (C=O) groups excluding carboxylic acids is 1. The highest BCUT2D eigenvalue weighted by Crippen LogP contribution is 2.38. The van der Waals surface area contributed by atoms with E-state index in [-0.39, 0.29) is 0 Å². The van der Waals surface area contributed by atoms with E-state index in [1.807, 2.05) is 12.1 Å². The van der Waals surface area contributed by atoms with Crippen LogP contribution in [0.3, 0.4) is 0 Å². The van der Waals surface area contributed by atoms with Gasteiger partial charge in [-0.3, -0.25) is 4.79 Å². The van der Waals surface area contributed by atoms with Crippen molar-refractivity contribution >= 4 is 5.78 Å². The summed E-state index contributed by atoms with van der Waals surface area (Å²) in [6.07, 6.45) is 9.29. The minimum absolute atomic E-state index is 0.355. The Balaban J connectivity index is 1.96. The maximum atomic E-state index is 12.3. The zero-order valence-electron chi connectivity index (χ0n) is 11.5. The first-order chi connectivity index (χ1) is 8.83. The van der Waals surface area contributed by atoms with Crippen LogP contribution in [0.15, 0.2) is 24.3 Å². The number of hydrogen-bond acceptors (Lipinski definition) is 1. The molecule has 0 saturated heterocycles. The maximum Gasteiger partial charge on any atom is 0.163 e. The third kappa shape index (κ3) is 3.22. The van der Waals surface area contributed by atoms with Crippen LogP contribution in [0.5, 0.6) is 0 Å². The van der Waals surface area contributed by atoms with Crippen molar-refractivity contribution in [1.29, 1.82) is 0 Å². The van der Waals surface area contributed by atoms with E-state index in [1.54, 1.807) is 0 Å². The lowest BCUT2D eigenvalue weighted by Gasteiger charge is -2.27. The molecule has 18 heavy (non-hydrogen) atoms. The summed E-state index contributed by atoms with van der Waals surface area (Å²) in [6, 6.07) is 8.25. The Kier molecular flexibility index (Phi) is 4.98. The minimum atomic E-state index is 0.355. The lowest BCUT2D eigenvalue weighted by molar-refractivity contribution is 0.0977. The van der Waals surface area contributed by atoms with Gasteiger partial charge in [0, 0.05) is 12.0 Å². The molecule has 1 aliphatic rings. The van der Waals surface area contributed by atoms with Crippen molar-refractivity contribution in [2.75, 3.05) is 0 Å². The molecule has 0 radical (unpaired) electrons. The third-order valence-corrected chi connectivity index (χ3v) is 4.06. The van der Waals surface area contributed by atoms with E-state index < -0.39 is 0 Å². The Morgan fingerprint density at radius 3 is 2.61 bits per heavy atom. The fourth-order valence-electron chi connectivity index (χ4n) is 2.67. The van der Waals surface area contributed by atoms with E-state index in [9.17, 15) is 4.79 Å². The SMILES string of the molecule is CCCCCCC(=O)c1ccccc1C1CCC1. The molecule has 2 rings (SSSR count). The normalized spacial score (nSPS) is 15.4. The van der Waals surface area contributed by atoms with Crippen LogP contribution in [-0.4, -0.2) is 5.78 Å². The summed E-state index contributed by atoms with van der Waals surface area (Å²) in [6.45, 7) is 2.20. The predicted octanol–water partition coefficient (Wildman–Crippen LogP) is 5.11. The molecule has 0 N–H and O–H groups in total. The van der Waals surface area contributed by atoms with E-state index in [2.05, 4.69) is 19.1 Å². The van der Waals surface area contributed by atoms with Gasteiger partial charge in [-0.25, -0.2) is 0 Å². The Bertz CT molecular complexity index is 390. The van der Waals surface area contributed by atoms with E-state index in [1.165, 1.54) is 44.1 Å². The fourth-order valence-corrected chi connectivity index (χ4v) is 2.67. The second-order valence-electron chi connectivity index (χ2n) is 5.45. The molecule has 0 spiro atoms. The van der Waals surface area contributed by atoms with Crippen LogP contribution in [0.2, 0.25) is 0 Å². The zero-order chi connectivity index (χ0) is 12.8. The average Bonchev–Trinajstić information content (AvgIpc) is 2.33. The summed E-state index contributed by atoms with van der Waals surface area (Å²) in [5.41, 5.74) is 2.31. The lowest BCUT2D eigenvalue weighted by Crippen LogP contribution is -2.13. The lowest BCUT2D eigenvalue weighted by atomic mass is 9.77. The molecule has 0 atom stereocenters. The highest BCUT2D eigenvalue weighted by atomic mass is 16.1. The van der Waals surface area contributed by atoms with E-state index in [0.29, 0.717) is 11.7 Å². The highest BCUT2D eigenvalue weighted by Gasteiger charge is 2.23. The molecule has 0 aromatic heterocycles. The third-order valence-electron chi connectivity index (χ3n) is 4.06. The van der Waals surface area contributed by atoms with Gasteiger partial charge in [-0.2, -0.15) is 0 Å². The number of carbonyl (C=O) groups is 1. The van der Waals surface area contributed by atoms with E-state index in [0.717, 1.165) is 18.4 Å². The topological polar surface area (TPSA) is 17.1 Å². The molecule has 0 amide bonds. The Hall–Kier alpha value is -1.11. The monoisotopic (exact) mass is 244 g/mol. The van der Waals surface area contributed by atoms with E-state index in [4.69, 9.17) is 0 Å². The summed E-state index contributed by atoms with van der Waals surface area (Å²) in [4.78, 5) is 12.3. The number of benzene rings is 1. The molecule has 1 aromatic rings. The molecule has 1 saturated carbocycles. The maximum absolute atomic E-state index is 12.3. The average molecular weight is 244 g/mol. The smallest absolute Gasteiger partial charge is 0.163 e. The van der Waals surface area contributed by atoms with Crippen molar-refractivity contribution in [3.05, 3.63) is 35.4 Å². The Morgan fingerprint density at radius 2 is 1.94 bits per heavy atom. The second kappa shape index (κ2) is 6.72. The fraction of sp³-hybridized carbons (Fsp3) is 0.588. The van der Waals surface area contributed by atoms with Gasteiger partial charge in [0.1, 0.15) is 0 Å². The molecule has 1 heteroatoms. The van der Waals surface area contributed by atoms with Crippen molar-refractivity contribution in [3.8, 4) is 0 Å². The minimum Gasteiger partial charge on any atom is -0.294 e. The molecular formula is C17H24O. The number of rotatable bonds is 7. The molecule has 0 unspecified atom stereocenters. The zero-order valence-corrected chi connectivity index (χ0v) is 11.5. The summed E-state index contributed by atoms with van der Waals surface area (Å²) >= 11 is 0. The van der Waals surface area contributed by atoms with Crippen LogP contribution in [0.1, 0.15) is 80.1 Å². The van der Waals surface area contributed by atoms with Crippen LogP contribution in [0.4, 0.5) is 0 Å². The summed E-state index contributed by atoms with van der Waals surface area (Å²) in [7, 11) is 0. The van der Waals surface area contributed by atoms with Gasteiger partial charge in [0.2, 0.25) is 0 Å². The van der Waals surface area contributed by atoms with Crippen LogP contribution in [0.25, 0.3) is 0 Å². The summed E-state index contributed by atoms with van der Waals surface area (Å²) < 4.78 is 0. The van der Waals surface area contributed by atoms with Gasteiger partial charge in [-0.05, 0) is 30.7 Å². The first-order valence-electron chi connectivity index (χ1n) is 7.45. The largest absolute Gasteiger partial charge is 0.294 e. The molecular weight excluding hydrogens is 220 g/mol. The van der Waals surface area contributed by atoms with Gasteiger partial charge < -0.3 is 0 Å². The molecule has 0 bridgehead atoms. The molecule has 0 aliphatic heterocycles. The van der Waals surface area contributed by atoms with Gasteiger partial charge in [0.25, 0.3) is 0 Å². The standard InChI is InChI=1S/C17H24O/c1-2-3-4-5-13-17(18)16-12-7-6-11-15(16)14-9-8-10-14/h6-7,11-12,14H,2-5,8-10,13H2,1H3. The van der Waals surface area contributed by atoms with Crippen molar-refractivity contribution < 1.29 is 4.79 Å². The Labute approximate surface area is 111 Å². The van der Waals surface area contributed by atoms with Crippen LogP contribution in [-0.2, 0) is 0 Å². The predicted molar refractivity (Wildman–Crippen MR) is 76.1 cm³/mol. The highest BCUT2D eigenvalue weighted by molar-refractivity contribution is 5.97. The molecule has 0 heterocycles. The number of hydrogen-bond donors (Lipinski definition) is 0. The molecule has 98 valence electrons. The van der Waals surface area contributed by atoms with Crippen LogP contribution in [0, 0.1) is 0 Å². The number of unbranched alkanes of at least 4 members (excludes halogenated alkanes) is 3. The van der Waals surface area contributed by atoms with Crippen molar-refractivity contribution in [2.45, 2.75) is 64.2 Å². The van der Waals surface area contributed by atoms with Crippen molar-refractivity contribution in [2.24, 2.45) is 0 Å². The number of ketones is 1. The first-order valence-corrected chi connectivity index (χ1v) is 7.45. The van der Waals surface area contributed by atoms with Gasteiger partial charge in [-0.1, -0.05) is 56.9 Å². The van der Waals surface area contributed by atoms with Gasteiger partial charge in [0.15, 0.2) is 5.78 Å². The number of Topliss-reactive ketones (excluding diaryl/α,β-unsaturated/α-hetero) is 1. The quantitative estimate of drug-likeness (QED) is 0.481. The van der Waals surface area contributed by atoms with Crippen molar-refractivity contribution in [3.63, 3.8) is 0 Å². The summed E-state index contributed by atoms with van der Waals surface area (Å²) in [5.74, 6) is 1.01. The van der Waals surface area contributed by atoms with Gasteiger partial charge >= 0.3 is 0 Å². The van der Waals surface area contributed by atoms with Crippen LogP contribution < -0.4 is 0 Å². The molecule has 1 aliphatic carbocycles. The van der Waals surface area contributed by atoms with Gasteiger partial charge in [0.05, 0.1) is 0 Å². The molecule has 1 fully saturated rings. The molecule has 1 nitrogen and oxygen atoms in total. The second-order valence-corrected chi connectivity index (χ2v) is 5.45. The summed E-state index contributed by atoms with van der Waals surface area (Å²) in [5, 5.41) is 0. The Morgan fingerprint density at radius 1 is 1.17 bits per heavy atom. The first kappa shape index (κ1) is 13.3. The van der Waals surface area contributed by atoms with E-state index >= 15 is 0 Å². The van der Waals surface area contributed by atoms with Crippen LogP contribution >= 0.6 is 0 Å². The van der Waals surface area contributed by atoms with Crippen molar-refractivity contribution in [1.82, 2.24) is 0 Å². The van der Waals surface area contributed by atoms with Gasteiger partial charge in [-0.15, -0.1) is 0 Å².